The van der Waals surface area contributed by atoms with E-state index < -0.39 is 5.60 Å². The lowest BCUT2D eigenvalue weighted by atomic mass is 9.90. The molecule has 4 rings (SSSR count). The zero-order chi connectivity index (χ0) is 19.0. The number of benzene rings is 1. The number of para-hydroxylation sites is 1. The van der Waals surface area contributed by atoms with E-state index in [2.05, 4.69) is 15.9 Å². The molecule has 1 fully saturated rings. The third-order valence-corrected chi connectivity index (χ3v) is 5.91. The van der Waals surface area contributed by atoms with E-state index in [4.69, 9.17) is 4.99 Å². The molecule has 2 aliphatic heterocycles. The van der Waals surface area contributed by atoms with E-state index in [1.54, 1.807) is 0 Å². The third kappa shape index (κ3) is 3.65. The van der Waals surface area contributed by atoms with Crippen LogP contribution >= 0.6 is 0 Å². The van der Waals surface area contributed by atoms with Crippen LogP contribution < -0.4 is 4.90 Å². The summed E-state index contributed by atoms with van der Waals surface area (Å²) in [5, 5.41) is 10.5. The van der Waals surface area contributed by atoms with E-state index in [-0.39, 0.29) is 5.78 Å². The van der Waals surface area contributed by atoms with Gasteiger partial charge in [0.15, 0.2) is 5.78 Å². The van der Waals surface area contributed by atoms with Crippen molar-refractivity contribution in [3.05, 3.63) is 41.1 Å². The molecule has 1 aromatic carbocycles. The average Bonchev–Trinajstić information content (AvgIpc) is 2.67. The quantitative estimate of drug-likeness (QED) is 0.872. The van der Waals surface area contributed by atoms with Gasteiger partial charge < -0.3 is 14.9 Å². The van der Waals surface area contributed by atoms with Gasteiger partial charge in [0, 0.05) is 48.7 Å². The number of amidine groups is 1. The zero-order valence-corrected chi connectivity index (χ0v) is 16.4. The van der Waals surface area contributed by atoms with Crippen LogP contribution in [0.25, 0.3) is 0 Å². The maximum atomic E-state index is 12.5. The molecule has 0 unspecified atom stereocenters. The second kappa shape index (κ2) is 7.12. The highest BCUT2D eigenvalue weighted by molar-refractivity contribution is 6.11. The van der Waals surface area contributed by atoms with Crippen molar-refractivity contribution in [2.45, 2.75) is 51.6 Å². The summed E-state index contributed by atoms with van der Waals surface area (Å²) in [6.07, 6.45) is 4.58. The van der Waals surface area contributed by atoms with E-state index in [0.29, 0.717) is 6.42 Å². The summed E-state index contributed by atoms with van der Waals surface area (Å²) in [5.41, 5.74) is 3.23. The number of rotatable bonds is 2. The Morgan fingerprint density at radius 3 is 2.41 bits per heavy atom. The number of allylic oxidation sites excluding steroid dienone is 2. The first-order chi connectivity index (χ1) is 12.9. The van der Waals surface area contributed by atoms with Crippen molar-refractivity contribution >= 4 is 17.3 Å². The maximum absolute atomic E-state index is 12.5. The largest absolute Gasteiger partial charge is 0.386 e. The molecule has 0 saturated carbocycles. The van der Waals surface area contributed by atoms with Gasteiger partial charge in [0.2, 0.25) is 0 Å². The third-order valence-electron chi connectivity index (χ3n) is 5.91. The number of aliphatic hydroxyl groups is 1. The number of nitrogens with zero attached hydrogens (tertiary/aromatic N) is 3. The predicted molar refractivity (Wildman–Crippen MR) is 108 cm³/mol. The van der Waals surface area contributed by atoms with Gasteiger partial charge in [-0.2, -0.15) is 0 Å². The van der Waals surface area contributed by atoms with Gasteiger partial charge in [-0.15, -0.1) is 0 Å². The summed E-state index contributed by atoms with van der Waals surface area (Å²) in [7, 11) is 0. The van der Waals surface area contributed by atoms with Crippen LogP contribution in [0.2, 0.25) is 0 Å². The lowest BCUT2D eigenvalue weighted by molar-refractivity contribution is -0.115. The number of carbonyl (C=O) groups is 1. The fraction of sp³-hybridized carbons (Fsp3) is 0.545. The topological polar surface area (TPSA) is 56.1 Å². The van der Waals surface area contributed by atoms with Crippen molar-refractivity contribution in [3.63, 3.8) is 0 Å². The molecular formula is C22H29N3O2. The molecule has 1 saturated heterocycles. The molecule has 1 N–H and O–H groups in total. The van der Waals surface area contributed by atoms with E-state index in [1.807, 2.05) is 32.0 Å². The number of anilines is 1. The maximum Gasteiger partial charge on any atom is 0.168 e. The predicted octanol–water partition coefficient (Wildman–Crippen LogP) is 3.24. The summed E-state index contributed by atoms with van der Waals surface area (Å²) in [4.78, 5) is 22.0. The van der Waals surface area contributed by atoms with Crippen LogP contribution in [0.4, 0.5) is 5.69 Å². The summed E-state index contributed by atoms with van der Waals surface area (Å²) in [6.45, 7) is 7.11. The zero-order valence-electron chi connectivity index (χ0n) is 16.4. The molecule has 144 valence electrons. The minimum absolute atomic E-state index is 0.282. The van der Waals surface area contributed by atoms with Crippen molar-refractivity contribution in [2.75, 3.05) is 31.1 Å². The monoisotopic (exact) mass is 367 g/mol. The lowest BCUT2D eigenvalue weighted by Gasteiger charge is -2.40. The molecule has 0 amide bonds. The highest BCUT2D eigenvalue weighted by atomic mass is 16.3. The molecule has 27 heavy (non-hydrogen) atoms. The number of ketones is 1. The van der Waals surface area contributed by atoms with Gasteiger partial charge in [0.25, 0.3) is 0 Å². The van der Waals surface area contributed by atoms with Crippen LogP contribution in [-0.2, 0) is 10.4 Å². The van der Waals surface area contributed by atoms with Crippen LogP contribution in [0.15, 0.2) is 40.5 Å². The average molecular weight is 367 g/mol. The number of aliphatic imine (C=N–C) groups is 1. The van der Waals surface area contributed by atoms with Gasteiger partial charge in [-0.1, -0.05) is 18.2 Å². The SMILES string of the molecule is CC(C)(O)c1ccccc1N1CCN(C2=NC3=C(CCCC3)C(=O)C2)CC1. The molecule has 2 heterocycles. The summed E-state index contributed by atoms with van der Waals surface area (Å²) >= 11 is 0. The molecule has 0 spiro atoms. The van der Waals surface area contributed by atoms with Crippen LogP contribution in [0, 0.1) is 0 Å². The fourth-order valence-corrected chi connectivity index (χ4v) is 4.41. The van der Waals surface area contributed by atoms with Gasteiger partial charge in [0.1, 0.15) is 5.84 Å². The molecule has 0 atom stereocenters. The molecule has 0 bridgehead atoms. The Kier molecular flexibility index (Phi) is 4.81. The number of hydrogen-bond donors (Lipinski definition) is 1. The summed E-state index contributed by atoms with van der Waals surface area (Å²) < 4.78 is 0. The molecule has 5 nitrogen and oxygen atoms in total. The van der Waals surface area contributed by atoms with Gasteiger partial charge in [-0.25, -0.2) is 4.99 Å². The Bertz CT molecular complexity index is 796. The van der Waals surface area contributed by atoms with Crippen LogP contribution in [0.1, 0.15) is 51.5 Å². The smallest absolute Gasteiger partial charge is 0.168 e. The number of hydrogen-bond acceptors (Lipinski definition) is 5. The minimum Gasteiger partial charge on any atom is -0.386 e. The van der Waals surface area contributed by atoms with Crippen LogP contribution in [-0.4, -0.2) is 47.8 Å². The molecule has 0 aromatic heterocycles. The van der Waals surface area contributed by atoms with Crippen molar-refractivity contribution in [3.8, 4) is 0 Å². The highest BCUT2D eigenvalue weighted by Crippen LogP contribution is 2.33. The van der Waals surface area contributed by atoms with E-state index in [0.717, 1.165) is 80.2 Å². The Morgan fingerprint density at radius 2 is 1.67 bits per heavy atom. The van der Waals surface area contributed by atoms with Crippen LogP contribution in [0.3, 0.4) is 0 Å². The first kappa shape index (κ1) is 18.2. The summed E-state index contributed by atoms with van der Waals surface area (Å²) in [6, 6.07) is 8.09. The Labute approximate surface area is 161 Å². The summed E-state index contributed by atoms with van der Waals surface area (Å²) in [5.74, 6) is 1.24. The van der Waals surface area contributed by atoms with E-state index in [1.165, 1.54) is 0 Å². The van der Waals surface area contributed by atoms with Crippen molar-refractivity contribution < 1.29 is 9.90 Å². The van der Waals surface area contributed by atoms with Crippen molar-refractivity contribution in [1.82, 2.24) is 4.90 Å². The molecule has 1 aliphatic carbocycles. The molecule has 1 aromatic rings. The Morgan fingerprint density at radius 1 is 1.00 bits per heavy atom. The first-order valence-corrected chi connectivity index (χ1v) is 10.1. The van der Waals surface area contributed by atoms with Gasteiger partial charge >= 0.3 is 0 Å². The van der Waals surface area contributed by atoms with E-state index in [9.17, 15) is 9.90 Å². The van der Waals surface area contributed by atoms with Gasteiger partial charge in [-0.05, 0) is 45.6 Å². The first-order valence-electron chi connectivity index (χ1n) is 10.1. The normalized spacial score (nSPS) is 21.3. The van der Waals surface area contributed by atoms with Crippen LogP contribution in [0.5, 0.6) is 0 Å². The number of piperazine rings is 1. The van der Waals surface area contributed by atoms with Crippen molar-refractivity contribution in [1.29, 1.82) is 0 Å². The van der Waals surface area contributed by atoms with E-state index >= 15 is 0 Å². The molecule has 5 heteroatoms. The molecule has 0 radical (unpaired) electrons. The highest BCUT2D eigenvalue weighted by Gasteiger charge is 2.30. The number of carbonyl (C=O) groups excluding carboxylic acids is 1. The van der Waals surface area contributed by atoms with Gasteiger partial charge in [-0.3, -0.25) is 4.79 Å². The van der Waals surface area contributed by atoms with Crippen molar-refractivity contribution in [2.24, 2.45) is 4.99 Å². The Hall–Kier alpha value is -2.14. The minimum atomic E-state index is -0.864. The fourth-order valence-electron chi connectivity index (χ4n) is 4.41. The number of Topliss-reactive ketones (excluding diaryl/α,β-unsaturated/α-hetero) is 1. The van der Waals surface area contributed by atoms with Gasteiger partial charge in [0.05, 0.1) is 12.0 Å². The Balaban J connectivity index is 1.48. The molecular weight excluding hydrogens is 338 g/mol. The standard InChI is InChI=1S/C22H29N3O2/c1-22(2,27)17-8-4-6-10-19(17)24-11-13-25(14-12-24)21-15-20(26)16-7-3-5-9-18(16)23-21/h4,6,8,10,27H,3,5,7,9,11-15H2,1-2H3. The lowest BCUT2D eigenvalue weighted by Crippen LogP contribution is -2.50. The molecule has 3 aliphatic rings. The second-order valence-electron chi connectivity index (χ2n) is 8.31. The second-order valence-corrected chi connectivity index (χ2v) is 8.31.